The highest BCUT2D eigenvalue weighted by Crippen LogP contribution is 1.93. The summed E-state index contributed by atoms with van der Waals surface area (Å²) in [5.74, 6) is -0.955. The minimum atomic E-state index is -0.955. The first-order chi connectivity index (χ1) is 4.68. The summed E-state index contributed by atoms with van der Waals surface area (Å²) in [6.07, 6.45) is 1.16. The number of carboxylic acids is 1. The van der Waals surface area contributed by atoms with E-state index in [0.717, 1.165) is 0 Å². The Kier molecular flexibility index (Phi) is 4.49. The van der Waals surface area contributed by atoms with E-state index in [1.54, 1.807) is 0 Å². The highest BCUT2D eigenvalue weighted by Gasteiger charge is 2.09. The molecule has 4 heteroatoms. The van der Waals surface area contributed by atoms with Gasteiger partial charge in [0.2, 0.25) is 0 Å². The first-order valence-electron chi connectivity index (χ1n) is 3.09. The third-order valence-corrected chi connectivity index (χ3v) is 1.15. The van der Waals surface area contributed by atoms with Crippen LogP contribution in [0.1, 0.15) is 12.8 Å². The van der Waals surface area contributed by atoms with Crippen molar-refractivity contribution in [1.29, 1.82) is 0 Å². The van der Waals surface area contributed by atoms with Gasteiger partial charge in [-0.1, -0.05) is 0 Å². The number of rotatable bonds is 5. The molecule has 0 aliphatic rings. The van der Waals surface area contributed by atoms with E-state index in [1.165, 1.54) is 0 Å². The van der Waals surface area contributed by atoms with E-state index in [4.69, 9.17) is 10.8 Å². The van der Waals surface area contributed by atoms with Crippen molar-refractivity contribution in [1.82, 2.24) is 0 Å². The van der Waals surface area contributed by atoms with Crippen LogP contribution in [-0.2, 0) is 4.79 Å². The molecule has 0 bridgehead atoms. The van der Waals surface area contributed by atoms with Gasteiger partial charge in [-0.05, 0) is 19.6 Å². The Morgan fingerprint density at radius 2 is 2.40 bits per heavy atom. The van der Waals surface area contributed by atoms with Crippen molar-refractivity contribution in [2.24, 2.45) is 10.7 Å². The molecule has 0 saturated carbocycles. The Morgan fingerprint density at radius 3 is 2.80 bits per heavy atom. The van der Waals surface area contributed by atoms with Crippen LogP contribution >= 0.6 is 0 Å². The second kappa shape index (κ2) is 4.93. The molecule has 0 spiro atoms. The summed E-state index contributed by atoms with van der Waals surface area (Å²) in [6.45, 7) is 3.85. The van der Waals surface area contributed by atoms with Gasteiger partial charge >= 0.3 is 5.97 Å². The van der Waals surface area contributed by atoms with Gasteiger partial charge in [0.15, 0.2) is 0 Å². The Hall–Kier alpha value is -0.900. The second-order valence-corrected chi connectivity index (χ2v) is 2.03. The maximum absolute atomic E-state index is 10.1. The SMILES string of the molecule is C=NCCC[C@@H](N)C(=O)O. The molecule has 4 nitrogen and oxygen atoms in total. The molecule has 0 heterocycles. The van der Waals surface area contributed by atoms with Crippen LogP contribution in [0.5, 0.6) is 0 Å². The van der Waals surface area contributed by atoms with Gasteiger partial charge in [-0.3, -0.25) is 4.79 Å². The highest BCUT2D eigenvalue weighted by molar-refractivity contribution is 5.72. The second-order valence-electron chi connectivity index (χ2n) is 2.03. The van der Waals surface area contributed by atoms with Crippen molar-refractivity contribution in [2.45, 2.75) is 18.9 Å². The van der Waals surface area contributed by atoms with Gasteiger partial charge in [0.25, 0.3) is 0 Å². The summed E-state index contributed by atoms with van der Waals surface area (Å²) in [4.78, 5) is 13.7. The molecule has 0 radical (unpaired) electrons. The number of hydrogen-bond donors (Lipinski definition) is 2. The topological polar surface area (TPSA) is 75.7 Å². The Bertz CT molecular complexity index is 125. The van der Waals surface area contributed by atoms with Gasteiger partial charge in [-0.25, -0.2) is 0 Å². The van der Waals surface area contributed by atoms with Gasteiger partial charge in [-0.15, -0.1) is 0 Å². The summed E-state index contributed by atoms with van der Waals surface area (Å²) < 4.78 is 0. The summed E-state index contributed by atoms with van der Waals surface area (Å²) in [5.41, 5.74) is 5.20. The van der Waals surface area contributed by atoms with Gasteiger partial charge in [-0.2, -0.15) is 0 Å². The van der Waals surface area contributed by atoms with Crippen LogP contribution in [-0.4, -0.2) is 30.4 Å². The van der Waals surface area contributed by atoms with E-state index in [-0.39, 0.29) is 0 Å². The minimum Gasteiger partial charge on any atom is -0.480 e. The zero-order valence-electron chi connectivity index (χ0n) is 5.79. The Balaban J connectivity index is 3.30. The number of carboxylic acid groups (broad SMARTS) is 1. The van der Waals surface area contributed by atoms with Crippen molar-refractivity contribution < 1.29 is 9.90 Å². The molecule has 58 valence electrons. The zero-order valence-corrected chi connectivity index (χ0v) is 5.79. The Morgan fingerprint density at radius 1 is 1.80 bits per heavy atom. The molecule has 0 unspecified atom stereocenters. The summed E-state index contributed by atoms with van der Waals surface area (Å²) in [5, 5.41) is 8.31. The van der Waals surface area contributed by atoms with Crippen LogP contribution in [0.4, 0.5) is 0 Å². The average molecular weight is 144 g/mol. The van der Waals surface area contributed by atoms with E-state index in [1.807, 2.05) is 0 Å². The molecule has 0 aromatic carbocycles. The third-order valence-electron chi connectivity index (χ3n) is 1.15. The number of nitrogens with zero attached hydrogens (tertiary/aromatic N) is 1. The molecular weight excluding hydrogens is 132 g/mol. The number of nitrogens with two attached hydrogens (primary N) is 1. The summed E-state index contributed by atoms with van der Waals surface area (Å²) >= 11 is 0. The van der Waals surface area contributed by atoms with E-state index >= 15 is 0 Å². The molecule has 3 N–H and O–H groups in total. The van der Waals surface area contributed by atoms with Crippen molar-refractivity contribution in [3.05, 3.63) is 0 Å². The predicted octanol–water partition coefficient (Wildman–Crippen LogP) is -0.121. The van der Waals surface area contributed by atoms with E-state index in [2.05, 4.69) is 11.7 Å². The lowest BCUT2D eigenvalue weighted by molar-refractivity contribution is -0.138. The van der Waals surface area contributed by atoms with Crippen LogP contribution < -0.4 is 5.73 Å². The van der Waals surface area contributed by atoms with E-state index < -0.39 is 12.0 Å². The molecule has 0 saturated heterocycles. The Labute approximate surface area is 59.8 Å². The number of aliphatic imine (C=N–C) groups is 1. The summed E-state index contributed by atoms with van der Waals surface area (Å²) in [6, 6.07) is -0.748. The van der Waals surface area contributed by atoms with E-state index in [9.17, 15) is 4.79 Å². The number of hydrogen-bond acceptors (Lipinski definition) is 3. The largest absolute Gasteiger partial charge is 0.480 e. The standard InChI is InChI=1S/C6H12N2O2/c1-8-4-2-3-5(7)6(9)10/h5H,1-4,7H2,(H,9,10)/t5-/m1/s1. The fourth-order valence-corrected chi connectivity index (χ4v) is 0.546. The fraction of sp³-hybridized carbons (Fsp3) is 0.667. The lowest BCUT2D eigenvalue weighted by Gasteiger charge is -2.02. The lowest BCUT2D eigenvalue weighted by atomic mass is 10.2. The van der Waals surface area contributed by atoms with Crippen LogP contribution in [0.15, 0.2) is 4.99 Å². The molecule has 0 aliphatic carbocycles. The van der Waals surface area contributed by atoms with Crippen LogP contribution in [0.3, 0.4) is 0 Å². The van der Waals surface area contributed by atoms with Crippen LogP contribution in [0, 0.1) is 0 Å². The molecule has 10 heavy (non-hydrogen) atoms. The number of aliphatic carboxylic acids is 1. The monoisotopic (exact) mass is 144 g/mol. The fourth-order valence-electron chi connectivity index (χ4n) is 0.546. The van der Waals surface area contributed by atoms with Crippen molar-refractivity contribution in [2.75, 3.05) is 6.54 Å². The molecule has 0 aliphatic heterocycles. The smallest absolute Gasteiger partial charge is 0.320 e. The van der Waals surface area contributed by atoms with Crippen molar-refractivity contribution >= 4 is 12.7 Å². The quantitative estimate of drug-likeness (QED) is 0.417. The molecule has 0 aromatic rings. The maximum atomic E-state index is 10.1. The number of carbonyl (C=O) groups is 1. The van der Waals surface area contributed by atoms with E-state index in [0.29, 0.717) is 19.4 Å². The maximum Gasteiger partial charge on any atom is 0.320 e. The average Bonchev–Trinajstić information content (AvgIpc) is 1.88. The molecule has 0 rings (SSSR count). The zero-order chi connectivity index (χ0) is 7.98. The van der Waals surface area contributed by atoms with Crippen LogP contribution in [0.2, 0.25) is 0 Å². The van der Waals surface area contributed by atoms with Gasteiger partial charge in [0, 0.05) is 6.54 Å². The van der Waals surface area contributed by atoms with Crippen LogP contribution in [0.25, 0.3) is 0 Å². The lowest BCUT2D eigenvalue weighted by Crippen LogP contribution is -2.29. The first-order valence-corrected chi connectivity index (χ1v) is 3.09. The highest BCUT2D eigenvalue weighted by atomic mass is 16.4. The summed E-state index contributed by atoms with van der Waals surface area (Å²) in [7, 11) is 0. The molecule has 0 aromatic heterocycles. The minimum absolute atomic E-state index is 0.467. The van der Waals surface area contributed by atoms with Crippen molar-refractivity contribution in [3.63, 3.8) is 0 Å². The molecule has 0 fully saturated rings. The first kappa shape index (κ1) is 9.10. The van der Waals surface area contributed by atoms with Crippen molar-refractivity contribution in [3.8, 4) is 0 Å². The van der Waals surface area contributed by atoms with Gasteiger partial charge in [0.05, 0.1) is 0 Å². The van der Waals surface area contributed by atoms with Gasteiger partial charge < -0.3 is 15.8 Å². The molecule has 1 atom stereocenters. The third kappa shape index (κ3) is 4.03. The molecular formula is C6H12N2O2. The predicted molar refractivity (Wildman–Crippen MR) is 39.3 cm³/mol. The normalized spacial score (nSPS) is 12.5. The van der Waals surface area contributed by atoms with Gasteiger partial charge in [0.1, 0.15) is 6.04 Å². The molecule has 0 amide bonds.